The van der Waals surface area contributed by atoms with E-state index in [0.29, 0.717) is 37.1 Å². The van der Waals surface area contributed by atoms with Crippen molar-refractivity contribution in [1.29, 1.82) is 0 Å². The minimum atomic E-state index is -0.210. The molecule has 0 fully saturated rings. The number of nitrogens with zero attached hydrogens (tertiary/aromatic N) is 1. The Labute approximate surface area is 197 Å². The predicted molar refractivity (Wildman–Crippen MR) is 135 cm³/mol. The molecule has 0 saturated carbocycles. The van der Waals surface area contributed by atoms with Gasteiger partial charge in [-0.2, -0.15) is 5.10 Å². The third-order valence-corrected chi connectivity index (χ3v) is 5.70. The first-order valence-corrected chi connectivity index (χ1v) is 11.4. The Kier molecular flexibility index (Phi) is 7.67. The summed E-state index contributed by atoms with van der Waals surface area (Å²) in [5.74, 6) is 0.651. The summed E-state index contributed by atoms with van der Waals surface area (Å²) in [6.45, 7) is 1.22. The van der Waals surface area contributed by atoms with E-state index < -0.39 is 0 Å². The quantitative estimate of drug-likeness (QED) is 0.273. The molecule has 0 radical (unpaired) electrons. The lowest BCUT2D eigenvalue weighted by molar-refractivity contribution is -0.121. The third-order valence-electron chi connectivity index (χ3n) is 5.70. The van der Waals surface area contributed by atoms with Crippen molar-refractivity contribution in [1.82, 2.24) is 15.5 Å². The number of H-pyrrole nitrogens is 1. The van der Waals surface area contributed by atoms with Gasteiger partial charge >= 0.3 is 0 Å². The van der Waals surface area contributed by atoms with Crippen molar-refractivity contribution >= 4 is 22.5 Å². The number of aliphatic hydroxyl groups excluding tert-OH is 1. The van der Waals surface area contributed by atoms with Crippen LogP contribution in [0.2, 0.25) is 0 Å². The first kappa shape index (κ1) is 23.2. The van der Waals surface area contributed by atoms with Crippen LogP contribution in [-0.2, 0) is 17.8 Å². The normalized spacial score (nSPS) is 10.9. The number of fused-ring (bicyclic) bond motifs is 1. The molecule has 1 aromatic heterocycles. The zero-order chi connectivity index (χ0) is 23.8. The van der Waals surface area contributed by atoms with E-state index in [-0.39, 0.29) is 18.1 Å². The third kappa shape index (κ3) is 5.88. The smallest absolute Gasteiger partial charge is 0.272 e. The Hall–Kier alpha value is -3.97. The highest BCUT2D eigenvalue weighted by Crippen LogP contribution is 2.22. The standard InChI is InChI=1S/C27H28N4O3/c32-18-20-9-12-21(13-10-20)22-6-3-5-19(17-22)11-14-25(33)28-15-4-16-29-26-23-7-1-2-8-24(23)27(34)31-30-26/h1-3,5-10,12-13,17,32H,4,11,14-16,18H2,(H,28,33)(H,29,30)(H,31,34). The van der Waals surface area contributed by atoms with Gasteiger partial charge in [0.2, 0.25) is 5.91 Å². The highest BCUT2D eigenvalue weighted by molar-refractivity contribution is 5.90. The highest BCUT2D eigenvalue weighted by Gasteiger charge is 2.06. The Balaban J connectivity index is 1.21. The van der Waals surface area contributed by atoms with Crippen molar-refractivity contribution in [3.8, 4) is 11.1 Å². The number of hydrogen-bond acceptors (Lipinski definition) is 5. The molecule has 0 aliphatic rings. The summed E-state index contributed by atoms with van der Waals surface area (Å²) < 4.78 is 0. The van der Waals surface area contributed by atoms with Gasteiger partial charge in [0.1, 0.15) is 0 Å². The average Bonchev–Trinajstić information content (AvgIpc) is 2.89. The van der Waals surface area contributed by atoms with E-state index in [2.05, 4.69) is 26.9 Å². The van der Waals surface area contributed by atoms with Crippen molar-refractivity contribution in [2.24, 2.45) is 0 Å². The fourth-order valence-corrected chi connectivity index (χ4v) is 3.83. The summed E-state index contributed by atoms with van der Waals surface area (Å²) in [6, 6.07) is 23.3. The van der Waals surface area contributed by atoms with Gasteiger partial charge in [-0.05, 0) is 41.2 Å². The molecule has 4 aromatic rings. The first-order valence-electron chi connectivity index (χ1n) is 11.4. The second-order valence-electron chi connectivity index (χ2n) is 8.13. The maximum Gasteiger partial charge on any atom is 0.272 e. The molecular weight excluding hydrogens is 428 g/mol. The van der Waals surface area contributed by atoms with E-state index in [9.17, 15) is 14.7 Å². The fourth-order valence-electron chi connectivity index (χ4n) is 3.83. The average molecular weight is 457 g/mol. The van der Waals surface area contributed by atoms with E-state index in [1.54, 1.807) is 6.07 Å². The summed E-state index contributed by atoms with van der Waals surface area (Å²) in [5, 5.41) is 23.4. The molecule has 1 amide bonds. The van der Waals surface area contributed by atoms with Crippen LogP contribution in [0, 0.1) is 0 Å². The number of rotatable bonds is 10. The van der Waals surface area contributed by atoms with Crippen LogP contribution < -0.4 is 16.2 Å². The molecule has 3 aromatic carbocycles. The SMILES string of the molecule is O=C(CCc1cccc(-c2ccc(CO)cc2)c1)NCCCNc1n[nH]c(=O)c2ccccc12. The minimum absolute atomic E-state index is 0.0188. The maximum absolute atomic E-state index is 12.3. The minimum Gasteiger partial charge on any atom is -0.392 e. The van der Waals surface area contributed by atoms with E-state index in [1.807, 2.05) is 60.7 Å². The number of aliphatic hydroxyl groups is 1. The van der Waals surface area contributed by atoms with Crippen LogP contribution in [0.15, 0.2) is 77.6 Å². The van der Waals surface area contributed by atoms with E-state index in [4.69, 9.17) is 0 Å². The molecule has 4 N–H and O–H groups in total. The van der Waals surface area contributed by atoms with Crippen molar-refractivity contribution in [3.63, 3.8) is 0 Å². The maximum atomic E-state index is 12.3. The van der Waals surface area contributed by atoms with Gasteiger partial charge in [-0.15, -0.1) is 0 Å². The number of aromatic nitrogens is 2. The summed E-state index contributed by atoms with van der Waals surface area (Å²) in [6.07, 6.45) is 1.83. The molecule has 174 valence electrons. The van der Waals surface area contributed by atoms with Crippen LogP contribution in [0.25, 0.3) is 21.9 Å². The summed E-state index contributed by atoms with van der Waals surface area (Å²) in [4.78, 5) is 24.1. The first-order chi connectivity index (χ1) is 16.6. The molecular formula is C27H28N4O3. The summed E-state index contributed by atoms with van der Waals surface area (Å²) in [7, 11) is 0. The number of aromatic amines is 1. The van der Waals surface area contributed by atoms with Crippen molar-refractivity contribution in [2.45, 2.75) is 25.9 Å². The fraction of sp³-hybridized carbons (Fsp3) is 0.222. The summed E-state index contributed by atoms with van der Waals surface area (Å²) >= 11 is 0. The topological polar surface area (TPSA) is 107 Å². The Bertz CT molecular complexity index is 1320. The lowest BCUT2D eigenvalue weighted by Crippen LogP contribution is -2.26. The molecule has 34 heavy (non-hydrogen) atoms. The van der Waals surface area contributed by atoms with Gasteiger partial charge in [-0.3, -0.25) is 9.59 Å². The monoisotopic (exact) mass is 456 g/mol. The van der Waals surface area contributed by atoms with Crippen molar-refractivity contribution < 1.29 is 9.90 Å². The lowest BCUT2D eigenvalue weighted by Gasteiger charge is -2.09. The number of carbonyl (C=O) groups excluding carboxylic acids is 1. The molecule has 0 bridgehead atoms. The molecule has 0 atom stereocenters. The molecule has 0 aliphatic carbocycles. The van der Waals surface area contributed by atoms with E-state index in [1.165, 1.54) is 0 Å². The highest BCUT2D eigenvalue weighted by atomic mass is 16.3. The largest absolute Gasteiger partial charge is 0.392 e. The van der Waals surface area contributed by atoms with Crippen molar-refractivity contribution in [2.75, 3.05) is 18.4 Å². The van der Waals surface area contributed by atoms with Gasteiger partial charge in [0, 0.05) is 24.9 Å². The predicted octanol–water partition coefficient (Wildman–Crippen LogP) is 3.63. The van der Waals surface area contributed by atoms with Crippen LogP contribution in [0.4, 0.5) is 5.82 Å². The molecule has 0 aliphatic heterocycles. The number of carbonyl (C=O) groups is 1. The number of anilines is 1. The second kappa shape index (κ2) is 11.2. The number of hydrogen-bond donors (Lipinski definition) is 4. The Morgan fingerprint density at radius 2 is 1.68 bits per heavy atom. The number of nitrogens with one attached hydrogen (secondary N) is 3. The van der Waals surface area contributed by atoms with Gasteiger partial charge in [0.05, 0.1) is 12.0 Å². The molecule has 4 rings (SSSR count). The van der Waals surface area contributed by atoms with Crippen LogP contribution in [-0.4, -0.2) is 34.3 Å². The summed E-state index contributed by atoms with van der Waals surface area (Å²) in [5.41, 5.74) is 3.96. The Morgan fingerprint density at radius 3 is 2.47 bits per heavy atom. The molecule has 0 spiro atoms. The zero-order valence-electron chi connectivity index (χ0n) is 18.9. The van der Waals surface area contributed by atoms with Crippen LogP contribution >= 0.6 is 0 Å². The molecule has 0 unspecified atom stereocenters. The van der Waals surface area contributed by atoms with Crippen LogP contribution in [0.5, 0.6) is 0 Å². The molecule has 1 heterocycles. The van der Waals surface area contributed by atoms with Gasteiger partial charge < -0.3 is 15.7 Å². The lowest BCUT2D eigenvalue weighted by atomic mass is 10.00. The van der Waals surface area contributed by atoms with E-state index in [0.717, 1.165) is 34.1 Å². The molecule has 0 saturated heterocycles. The number of benzene rings is 3. The van der Waals surface area contributed by atoms with Gasteiger partial charge in [0.15, 0.2) is 5.82 Å². The molecule has 7 heteroatoms. The van der Waals surface area contributed by atoms with Crippen molar-refractivity contribution in [3.05, 3.63) is 94.3 Å². The van der Waals surface area contributed by atoms with Crippen LogP contribution in [0.1, 0.15) is 24.0 Å². The zero-order valence-corrected chi connectivity index (χ0v) is 18.9. The van der Waals surface area contributed by atoms with E-state index >= 15 is 0 Å². The second-order valence-corrected chi connectivity index (χ2v) is 8.13. The Morgan fingerprint density at radius 1 is 0.882 bits per heavy atom. The van der Waals surface area contributed by atoms with Gasteiger partial charge in [-0.25, -0.2) is 5.10 Å². The van der Waals surface area contributed by atoms with Crippen LogP contribution in [0.3, 0.4) is 0 Å². The number of amides is 1. The van der Waals surface area contributed by atoms with Gasteiger partial charge in [0.25, 0.3) is 5.56 Å². The molecule has 7 nitrogen and oxygen atoms in total. The van der Waals surface area contributed by atoms with Gasteiger partial charge in [-0.1, -0.05) is 66.7 Å². The number of aryl methyl sites for hydroxylation is 1.